The first-order chi connectivity index (χ1) is 7.47. The first-order valence-corrected chi connectivity index (χ1v) is 6.87. The normalized spacial score (nSPS) is 27.0. The van der Waals surface area contributed by atoms with Crippen LogP contribution in [-0.2, 0) is 0 Å². The average molecular weight is 225 g/mol. The summed E-state index contributed by atoms with van der Waals surface area (Å²) in [5.74, 6) is 1.53. The third-order valence-corrected chi connectivity index (χ3v) is 4.18. The molecule has 0 amide bonds. The third kappa shape index (κ3) is 3.21. The Morgan fingerprint density at radius 1 is 1.12 bits per heavy atom. The molecule has 0 spiro atoms. The Balaban J connectivity index is 1.75. The van der Waals surface area contributed by atoms with Crippen LogP contribution in [0, 0.1) is 17.3 Å². The molecule has 2 heteroatoms. The van der Waals surface area contributed by atoms with E-state index in [0.717, 1.165) is 5.92 Å². The molecule has 2 aliphatic rings. The van der Waals surface area contributed by atoms with E-state index in [1.54, 1.807) is 0 Å². The molecule has 1 saturated carbocycles. The number of rotatable bonds is 3. The minimum Gasteiger partial charge on any atom is -0.392 e. The molecule has 1 N–H and O–H groups in total. The molecule has 16 heavy (non-hydrogen) atoms. The lowest BCUT2D eigenvalue weighted by atomic mass is 9.77. The van der Waals surface area contributed by atoms with Gasteiger partial charge in [-0.2, -0.15) is 0 Å². The van der Waals surface area contributed by atoms with Crippen molar-refractivity contribution in [3.8, 4) is 0 Å². The summed E-state index contributed by atoms with van der Waals surface area (Å²) >= 11 is 0. The number of aliphatic hydroxyl groups excluding tert-OH is 1. The van der Waals surface area contributed by atoms with Crippen LogP contribution < -0.4 is 0 Å². The van der Waals surface area contributed by atoms with E-state index in [0.29, 0.717) is 5.92 Å². The molecule has 0 aromatic carbocycles. The minimum atomic E-state index is -0.129. The fourth-order valence-corrected chi connectivity index (χ4v) is 2.82. The summed E-state index contributed by atoms with van der Waals surface area (Å²) in [6, 6.07) is 0. The van der Waals surface area contributed by atoms with Gasteiger partial charge >= 0.3 is 0 Å². The van der Waals surface area contributed by atoms with Crippen LogP contribution in [0.15, 0.2) is 0 Å². The summed E-state index contributed by atoms with van der Waals surface area (Å²) in [5.41, 5.74) is 0.0450. The maximum atomic E-state index is 10.3. The Hall–Kier alpha value is -0.0800. The first kappa shape index (κ1) is 12.4. The van der Waals surface area contributed by atoms with E-state index in [-0.39, 0.29) is 11.5 Å². The maximum absolute atomic E-state index is 10.3. The van der Waals surface area contributed by atoms with Gasteiger partial charge in [0.05, 0.1) is 6.10 Å². The van der Waals surface area contributed by atoms with Gasteiger partial charge in [0.1, 0.15) is 0 Å². The summed E-state index contributed by atoms with van der Waals surface area (Å²) in [6.45, 7) is 10.2. The molecular weight excluding hydrogens is 198 g/mol. The van der Waals surface area contributed by atoms with Crippen LogP contribution in [0.1, 0.15) is 46.5 Å². The van der Waals surface area contributed by atoms with Gasteiger partial charge in [0.15, 0.2) is 0 Å². The fraction of sp³-hybridized carbons (Fsp3) is 1.00. The van der Waals surface area contributed by atoms with Gasteiger partial charge in [-0.25, -0.2) is 0 Å². The van der Waals surface area contributed by atoms with Gasteiger partial charge in [0.25, 0.3) is 0 Å². The summed E-state index contributed by atoms with van der Waals surface area (Å²) < 4.78 is 0. The smallest absolute Gasteiger partial charge is 0.0617 e. The Morgan fingerprint density at radius 3 is 2.12 bits per heavy atom. The molecule has 2 nitrogen and oxygen atoms in total. The quantitative estimate of drug-likeness (QED) is 0.798. The molecule has 2 rings (SSSR count). The van der Waals surface area contributed by atoms with E-state index in [9.17, 15) is 5.11 Å². The summed E-state index contributed by atoms with van der Waals surface area (Å²) in [4.78, 5) is 2.60. The van der Waals surface area contributed by atoms with Gasteiger partial charge in [-0.3, -0.25) is 0 Å². The SMILES string of the molecule is CC(C)(C)C(O)C1CCN(CC2CC2)CC1. The molecular formula is C14H27NO. The van der Waals surface area contributed by atoms with Gasteiger partial charge in [-0.1, -0.05) is 20.8 Å². The topological polar surface area (TPSA) is 23.5 Å². The van der Waals surface area contributed by atoms with Gasteiger partial charge in [-0.05, 0) is 56.0 Å². The summed E-state index contributed by atoms with van der Waals surface area (Å²) in [7, 11) is 0. The van der Waals surface area contributed by atoms with Crippen molar-refractivity contribution in [3.63, 3.8) is 0 Å². The van der Waals surface area contributed by atoms with E-state index in [1.807, 2.05) is 0 Å². The molecule has 1 atom stereocenters. The average Bonchev–Trinajstić information content (AvgIpc) is 3.00. The molecule has 0 aromatic rings. The number of hydrogen-bond donors (Lipinski definition) is 1. The van der Waals surface area contributed by atoms with Crippen molar-refractivity contribution < 1.29 is 5.11 Å². The molecule has 0 radical (unpaired) electrons. The number of nitrogens with zero attached hydrogens (tertiary/aromatic N) is 1. The summed E-state index contributed by atoms with van der Waals surface area (Å²) in [5, 5.41) is 10.3. The van der Waals surface area contributed by atoms with Crippen LogP contribution >= 0.6 is 0 Å². The highest BCUT2D eigenvalue weighted by molar-refractivity contribution is 4.86. The Labute approximate surface area is 100 Å². The number of likely N-dealkylation sites (tertiary alicyclic amines) is 1. The van der Waals surface area contributed by atoms with Gasteiger partial charge in [-0.15, -0.1) is 0 Å². The highest BCUT2D eigenvalue weighted by Crippen LogP contribution is 2.34. The molecule has 2 fully saturated rings. The molecule has 1 saturated heterocycles. The molecule has 0 bridgehead atoms. The molecule has 1 aliphatic heterocycles. The number of aliphatic hydroxyl groups is 1. The Bertz CT molecular complexity index is 221. The molecule has 94 valence electrons. The molecule has 1 aliphatic carbocycles. The van der Waals surface area contributed by atoms with Crippen LogP contribution in [0.5, 0.6) is 0 Å². The number of piperidine rings is 1. The van der Waals surface area contributed by atoms with Gasteiger partial charge in [0.2, 0.25) is 0 Å². The van der Waals surface area contributed by atoms with E-state index >= 15 is 0 Å². The Morgan fingerprint density at radius 2 is 1.69 bits per heavy atom. The second-order valence-electron chi connectivity index (χ2n) is 6.89. The predicted octanol–water partition coefficient (Wildman–Crippen LogP) is 2.52. The minimum absolute atomic E-state index is 0.0450. The lowest BCUT2D eigenvalue weighted by Gasteiger charge is -2.39. The lowest BCUT2D eigenvalue weighted by Crippen LogP contribution is -2.42. The monoisotopic (exact) mass is 225 g/mol. The van der Waals surface area contributed by atoms with Crippen molar-refractivity contribution in [3.05, 3.63) is 0 Å². The highest BCUT2D eigenvalue weighted by Gasteiger charge is 2.34. The van der Waals surface area contributed by atoms with E-state index < -0.39 is 0 Å². The third-order valence-electron chi connectivity index (χ3n) is 4.18. The van der Waals surface area contributed by atoms with Crippen LogP contribution in [0.2, 0.25) is 0 Å². The van der Waals surface area contributed by atoms with Crippen molar-refractivity contribution in [2.75, 3.05) is 19.6 Å². The standard InChI is InChI=1S/C14H27NO/c1-14(2,3)13(16)12-6-8-15(9-7-12)10-11-4-5-11/h11-13,16H,4-10H2,1-3H3. The highest BCUT2D eigenvalue weighted by atomic mass is 16.3. The molecule has 0 aromatic heterocycles. The van der Waals surface area contributed by atoms with Crippen molar-refractivity contribution in [1.29, 1.82) is 0 Å². The van der Waals surface area contributed by atoms with Crippen LogP contribution in [0.4, 0.5) is 0 Å². The van der Waals surface area contributed by atoms with Crippen LogP contribution in [0.25, 0.3) is 0 Å². The lowest BCUT2D eigenvalue weighted by molar-refractivity contribution is -0.0137. The zero-order valence-electron chi connectivity index (χ0n) is 11.1. The zero-order valence-corrected chi connectivity index (χ0v) is 11.1. The van der Waals surface area contributed by atoms with E-state index in [2.05, 4.69) is 25.7 Å². The largest absolute Gasteiger partial charge is 0.392 e. The van der Waals surface area contributed by atoms with Gasteiger partial charge < -0.3 is 10.0 Å². The van der Waals surface area contributed by atoms with Crippen molar-refractivity contribution in [2.24, 2.45) is 17.3 Å². The zero-order chi connectivity index (χ0) is 11.8. The van der Waals surface area contributed by atoms with Crippen molar-refractivity contribution >= 4 is 0 Å². The van der Waals surface area contributed by atoms with Crippen molar-refractivity contribution in [1.82, 2.24) is 4.90 Å². The maximum Gasteiger partial charge on any atom is 0.0617 e. The van der Waals surface area contributed by atoms with Crippen LogP contribution in [-0.4, -0.2) is 35.7 Å². The second kappa shape index (κ2) is 4.66. The summed E-state index contributed by atoms with van der Waals surface area (Å²) in [6.07, 6.45) is 5.14. The molecule has 1 unspecified atom stereocenters. The Kier molecular flexibility index (Phi) is 3.60. The first-order valence-electron chi connectivity index (χ1n) is 6.87. The second-order valence-corrected chi connectivity index (χ2v) is 6.89. The number of hydrogen-bond acceptors (Lipinski definition) is 2. The van der Waals surface area contributed by atoms with E-state index in [1.165, 1.54) is 45.3 Å². The fourth-order valence-electron chi connectivity index (χ4n) is 2.82. The van der Waals surface area contributed by atoms with Crippen molar-refractivity contribution in [2.45, 2.75) is 52.6 Å². The molecule has 1 heterocycles. The van der Waals surface area contributed by atoms with E-state index in [4.69, 9.17) is 0 Å². The van der Waals surface area contributed by atoms with Crippen LogP contribution in [0.3, 0.4) is 0 Å². The van der Waals surface area contributed by atoms with Gasteiger partial charge in [0, 0.05) is 6.54 Å². The predicted molar refractivity (Wildman–Crippen MR) is 67.3 cm³/mol.